The molecule has 0 aliphatic rings. The second-order valence-corrected chi connectivity index (χ2v) is 6.74. The van der Waals surface area contributed by atoms with Crippen LogP contribution in [0, 0.1) is 13.8 Å². The number of rotatable bonds is 4. The second kappa shape index (κ2) is 6.86. The average Bonchev–Trinajstić information content (AvgIpc) is 2.43. The standard InChI is InChI=1S/C16H17Cl2NS/c1-10-3-4-12(7-11(10)2)16(19)9-20-13-5-6-14(17)15(18)8-13/h3-8,16H,9,19H2,1-2H3. The first kappa shape index (κ1) is 15.7. The number of thioether (sulfide) groups is 1. The van der Waals surface area contributed by atoms with Gasteiger partial charge in [-0.25, -0.2) is 0 Å². The van der Waals surface area contributed by atoms with Crippen molar-refractivity contribution in [2.45, 2.75) is 24.8 Å². The van der Waals surface area contributed by atoms with E-state index < -0.39 is 0 Å². The number of hydrogen-bond donors (Lipinski definition) is 1. The molecule has 106 valence electrons. The highest BCUT2D eigenvalue weighted by molar-refractivity contribution is 7.99. The lowest BCUT2D eigenvalue weighted by Gasteiger charge is -2.13. The van der Waals surface area contributed by atoms with E-state index in [2.05, 4.69) is 32.0 Å². The molecule has 4 heteroatoms. The van der Waals surface area contributed by atoms with Gasteiger partial charge >= 0.3 is 0 Å². The van der Waals surface area contributed by atoms with Crippen molar-refractivity contribution in [1.29, 1.82) is 0 Å². The Balaban J connectivity index is 2.02. The van der Waals surface area contributed by atoms with E-state index in [-0.39, 0.29) is 6.04 Å². The van der Waals surface area contributed by atoms with Gasteiger partial charge in [0.05, 0.1) is 10.0 Å². The molecule has 0 bridgehead atoms. The van der Waals surface area contributed by atoms with Crippen LogP contribution in [0.3, 0.4) is 0 Å². The highest BCUT2D eigenvalue weighted by atomic mass is 35.5. The number of aryl methyl sites for hydroxylation is 2. The zero-order valence-electron chi connectivity index (χ0n) is 11.5. The maximum Gasteiger partial charge on any atom is 0.0603 e. The molecule has 0 fully saturated rings. The molecule has 2 aromatic rings. The summed E-state index contributed by atoms with van der Waals surface area (Å²) in [6.45, 7) is 4.22. The minimum absolute atomic E-state index is 0.00811. The van der Waals surface area contributed by atoms with E-state index >= 15 is 0 Å². The lowest BCUT2D eigenvalue weighted by atomic mass is 10.0. The van der Waals surface area contributed by atoms with E-state index in [1.165, 1.54) is 16.7 Å². The molecule has 2 aromatic carbocycles. The molecule has 0 saturated heterocycles. The predicted molar refractivity (Wildman–Crippen MR) is 90.0 cm³/mol. The SMILES string of the molecule is Cc1ccc(C(N)CSc2ccc(Cl)c(Cl)c2)cc1C. The molecule has 0 radical (unpaired) electrons. The van der Waals surface area contributed by atoms with Gasteiger partial charge in [-0.05, 0) is 48.7 Å². The van der Waals surface area contributed by atoms with Crippen LogP contribution in [0.15, 0.2) is 41.3 Å². The molecular formula is C16H17Cl2NS. The zero-order chi connectivity index (χ0) is 14.7. The van der Waals surface area contributed by atoms with Crippen LogP contribution in [0.25, 0.3) is 0 Å². The Hall–Kier alpha value is -0.670. The first-order valence-corrected chi connectivity index (χ1v) is 8.12. The summed E-state index contributed by atoms with van der Waals surface area (Å²) < 4.78 is 0. The fourth-order valence-electron chi connectivity index (χ4n) is 1.84. The molecule has 0 aromatic heterocycles. The van der Waals surface area contributed by atoms with Crippen LogP contribution >= 0.6 is 35.0 Å². The number of nitrogens with two attached hydrogens (primary N) is 1. The van der Waals surface area contributed by atoms with Crippen LogP contribution in [-0.4, -0.2) is 5.75 Å². The molecule has 0 amide bonds. The van der Waals surface area contributed by atoms with Crippen molar-refractivity contribution < 1.29 is 0 Å². The Labute approximate surface area is 134 Å². The van der Waals surface area contributed by atoms with E-state index in [4.69, 9.17) is 28.9 Å². The Morgan fingerprint density at radius 1 is 1.00 bits per heavy atom. The van der Waals surface area contributed by atoms with Crippen molar-refractivity contribution in [2.75, 3.05) is 5.75 Å². The summed E-state index contributed by atoms with van der Waals surface area (Å²) in [7, 11) is 0. The number of halogens is 2. The first-order valence-electron chi connectivity index (χ1n) is 6.38. The lowest BCUT2D eigenvalue weighted by Crippen LogP contribution is -2.13. The third-order valence-electron chi connectivity index (χ3n) is 3.28. The van der Waals surface area contributed by atoms with Gasteiger partial charge in [0.25, 0.3) is 0 Å². The van der Waals surface area contributed by atoms with Gasteiger partial charge in [0, 0.05) is 16.7 Å². The number of hydrogen-bond acceptors (Lipinski definition) is 2. The Bertz CT molecular complexity index is 613. The van der Waals surface area contributed by atoms with Gasteiger partial charge in [0.1, 0.15) is 0 Å². The van der Waals surface area contributed by atoms with Crippen LogP contribution in [0.5, 0.6) is 0 Å². The molecule has 20 heavy (non-hydrogen) atoms. The maximum absolute atomic E-state index is 6.25. The fourth-order valence-corrected chi connectivity index (χ4v) is 3.14. The van der Waals surface area contributed by atoms with Crippen LogP contribution in [-0.2, 0) is 0 Å². The third-order valence-corrected chi connectivity index (χ3v) is 5.13. The fraction of sp³-hybridized carbons (Fsp3) is 0.250. The molecule has 0 aliphatic heterocycles. The minimum atomic E-state index is 0.00811. The van der Waals surface area contributed by atoms with Gasteiger partial charge in [-0.2, -0.15) is 0 Å². The summed E-state index contributed by atoms with van der Waals surface area (Å²) >= 11 is 13.6. The van der Waals surface area contributed by atoms with Crippen molar-refractivity contribution in [3.8, 4) is 0 Å². The second-order valence-electron chi connectivity index (χ2n) is 4.84. The Morgan fingerprint density at radius 3 is 2.40 bits per heavy atom. The maximum atomic E-state index is 6.25. The summed E-state index contributed by atoms with van der Waals surface area (Å²) in [4.78, 5) is 1.08. The molecule has 1 atom stereocenters. The van der Waals surface area contributed by atoms with E-state index in [0.717, 1.165) is 10.6 Å². The molecular weight excluding hydrogens is 309 g/mol. The van der Waals surface area contributed by atoms with Crippen molar-refractivity contribution in [3.05, 3.63) is 63.1 Å². The lowest BCUT2D eigenvalue weighted by molar-refractivity contribution is 0.829. The molecule has 1 unspecified atom stereocenters. The van der Waals surface area contributed by atoms with E-state index in [0.29, 0.717) is 10.0 Å². The summed E-state index contributed by atoms with van der Waals surface area (Å²) in [5.74, 6) is 0.806. The monoisotopic (exact) mass is 325 g/mol. The quantitative estimate of drug-likeness (QED) is 0.761. The number of benzene rings is 2. The smallest absolute Gasteiger partial charge is 0.0603 e. The van der Waals surface area contributed by atoms with E-state index in [9.17, 15) is 0 Å². The molecule has 0 saturated carbocycles. The van der Waals surface area contributed by atoms with Crippen LogP contribution < -0.4 is 5.73 Å². The van der Waals surface area contributed by atoms with Crippen LogP contribution in [0.1, 0.15) is 22.7 Å². The van der Waals surface area contributed by atoms with Gasteiger partial charge in [-0.3, -0.25) is 0 Å². The van der Waals surface area contributed by atoms with E-state index in [1.807, 2.05) is 18.2 Å². The van der Waals surface area contributed by atoms with Crippen molar-refractivity contribution in [2.24, 2.45) is 5.73 Å². The summed E-state index contributed by atoms with van der Waals surface area (Å²) in [6.07, 6.45) is 0. The molecule has 1 nitrogen and oxygen atoms in total. The highest BCUT2D eigenvalue weighted by Crippen LogP contribution is 2.30. The van der Waals surface area contributed by atoms with Crippen LogP contribution in [0.4, 0.5) is 0 Å². The summed E-state index contributed by atoms with van der Waals surface area (Å²) in [5, 5.41) is 1.16. The minimum Gasteiger partial charge on any atom is -0.323 e. The van der Waals surface area contributed by atoms with Crippen molar-refractivity contribution >= 4 is 35.0 Å². The molecule has 2 rings (SSSR count). The predicted octanol–water partition coefficient (Wildman–Crippen LogP) is 5.40. The van der Waals surface area contributed by atoms with Gasteiger partial charge in [0.15, 0.2) is 0 Å². The first-order chi connectivity index (χ1) is 9.47. The summed E-state index contributed by atoms with van der Waals surface area (Å²) in [6, 6.07) is 12.0. The van der Waals surface area contributed by atoms with Crippen molar-refractivity contribution in [3.63, 3.8) is 0 Å². The van der Waals surface area contributed by atoms with Gasteiger partial charge in [0.2, 0.25) is 0 Å². The zero-order valence-corrected chi connectivity index (χ0v) is 13.8. The third kappa shape index (κ3) is 3.92. The Morgan fingerprint density at radius 2 is 1.75 bits per heavy atom. The van der Waals surface area contributed by atoms with Gasteiger partial charge in [-0.15, -0.1) is 11.8 Å². The molecule has 2 N–H and O–H groups in total. The molecule has 0 heterocycles. The topological polar surface area (TPSA) is 26.0 Å². The van der Waals surface area contributed by atoms with Crippen molar-refractivity contribution in [1.82, 2.24) is 0 Å². The summed E-state index contributed by atoms with van der Waals surface area (Å²) in [5.41, 5.74) is 9.98. The van der Waals surface area contributed by atoms with Gasteiger partial charge in [-0.1, -0.05) is 41.4 Å². The normalized spacial score (nSPS) is 12.4. The molecule has 0 aliphatic carbocycles. The highest BCUT2D eigenvalue weighted by Gasteiger charge is 2.08. The largest absolute Gasteiger partial charge is 0.323 e. The average molecular weight is 326 g/mol. The van der Waals surface area contributed by atoms with E-state index in [1.54, 1.807) is 11.8 Å². The molecule has 0 spiro atoms. The van der Waals surface area contributed by atoms with Crippen LogP contribution in [0.2, 0.25) is 10.0 Å². The Kier molecular flexibility index (Phi) is 5.39. The van der Waals surface area contributed by atoms with Gasteiger partial charge < -0.3 is 5.73 Å².